The van der Waals surface area contributed by atoms with Crippen molar-refractivity contribution in [2.75, 3.05) is 7.11 Å². The quantitative estimate of drug-likeness (QED) is 0.427. The van der Waals surface area contributed by atoms with E-state index < -0.39 is 5.97 Å². The highest BCUT2D eigenvalue weighted by Gasteiger charge is 1.93. The smallest absolute Gasteiger partial charge is 0.305 e. The highest BCUT2D eigenvalue weighted by Crippen LogP contribution is 1.90. The van der Waals surface area contributed by atoms with Gasteiger partial charge in [-0.1, -0.05) is 6.08 Å². The average Bonchev–Trinajstić information content (AvgIpc) is 2.23. The van der Waals surface area contributed by atoms with E-state index in [2.05, 4.69) is 17.2 Å². The molecule has 15 heavy (non-hydrogen) atoms. The second-order valence-electron chi connectivity index (χ2n) is 2.50. The van der Waals surface area contributed by atoms with Crippen LogP contribution in [0, 0.1) is 12.3 Å². The van der Waals surface area contributed by atoms with E-state index in [1.807, 2.05) is 0 Å². The number of terminal acetylenes is 1. The summed E-state index contributed by atoms with van der Waals surface area (Å²) in [5.74, 6) is 1.21. The summed E-state index contributed by atoms with van der Waals surface area (Å²) >= 11 is 0. The van der Waals surface area contributed by atoms with Gasteiger partial charge in [-0.15, -0.1) is 18.9 Å². The highest BCUT2D eigenvalue weighted by molar-refractivity contribution is 5.69. The van der Waals surface area contributed by atoms with Crippen molar-refractivity contribution in [3.63, 3.8) is 0 Å². The molecule has 1 N–H and O–H groups in total. The summed E-state index contributed by atoms with van der Waals surface area (Å²) in [6.07, 6.45) is 8.01. The van der Waals surface area contributed by atoms with Crippen molar-refractivity contribution in [2.24, 2.45) is 0 Å². The predicted molar refractivity (Wildman–Crippen MR) is 57.1 cm³/mol. The van der Waals surface area contributed by atoms with Crippen LogP contribution in [0.2, 0.25) is 0 Å². The van der Waals surface area contributed by atoms with Gasteiger partial charge in [-0.05, 0) is 6.42 Å². The first kappa shape index (κ1) is 15.7. The fraction of sp³-hybridized carbons (Fsp3) is 0.455. The molecule has 0 aliphatic heterocycles. The third-order valence-electron chi connectivity index (χ3n) is 1.26. The van der Waals surface area contributed by atoms with Gasteiger partial charge in [0, 0.05) is 12.8 Å². The average molecular weight is 212 g/mol. The van der Waals surface area contributed by atoms with Crippen molar-refractivity contribution in [3.05, 3.63) is 12.7 Å². The number of methoxy groups -OCH3 is 1. The fourth-order valence-electron chi connectivity index (χ4n) is 0.501. The van der Waals surface area contributed by atoms with Crippen molar-refractivity contribution in [3.8, 4) is 12.3 Å². The Hall–Kier alpha value is -1.76. The topological polar surface area (TPSA) is 63.6 Å². The van der Waals surface area contributed by atoms with Crippen LogP contribution in [0.5, 0.6) is 0 Å². The Morgan fingerprint density at radius 3 is 2.40 bits per heavy atom. The number of rotatable bonds is 5. The summed E-state index contributed by atoms with van der Waals surface area (Å²) in [6, 6.07) is 0. The second-order valence-corrected chi connectivity index (χ2v) is 2.50. The maximum atomic E-state index is 10.3. The van der Waals surface area contributed by atoms with Gasteiger partial charge >= 0.3 is 11.9 Å². The normalized spacial score (nSPS) is 7.73. The van der Waals surface area contributed by atoms with Gasteiger partial charge in [0.1, 0.15) is 0 Å². The van der Waals surface area contributed by atoms with E-state index in [-0.39, 0.29) is 12.4 Å². The molecule has 0 fully saturated rings. The van der Waals surface area contributed by atoms with Crippen LogP contribution >= 0.6 is 0 Å². The third kappa shape index (κ3) is 18.9. The fourth-order valence-corrected chi connectivity index (χ4v) is 0.501. The standard InChI is InChI=1S/C6H10O2.C5H6O2/c1-3-4-5-6(7)8-2;1-2-3-4-5(6)7/h3H,1,4-5H2,2H3;1H,3-4H2,(H,6,7). The minimum atomic E-state index is -0.835. The lowest BCUT2D eigenvalue weighted by atomic mass is 10.3. The van der Waals surface area contributed by atoms with Gasteiger partial charge in [0.2, 0.25) is 0 Å². The molecular formula is C11H16O4. The van der Waals surface area contributed by atoms with Gasteiger partial charge in [0.25, 0.3) is 0 Å². The molecule has 0 aromatic rings. The molecule has 4 nitrogen and oxygen atoms in total. The zero-order chi connectivity index (χ0) is 12.1. The molecule has 0 atom stereocenters. The van der Waals surface area contributed by atoms with Crippen molar-refractivity contribution < 1.29 is 19.4 Å². The highest BCUT2D eigenvalue weighted by atomic mass is 16.5. The summed E-state index contributed by atoms with van der Waals surface area (Å²) in [7, 11) is 1.38. The Bertz CT molecular complexity index is 237. The molecule has 0 aliphatic carbocycles. The first-order chi connectivity index (χ1) is 7.08. The molecule has 0 saturated carbocycles. The van der Waals surface area contributed by atoms with Crippen LogP contribution in [0.15, 0.2) is 12.7 Å². The lowest BCUT2D eigenvalue weighted by Gasteiger charge is -1.91. The maximum absolute atomic E-state index is 10.3. The predicted octanol–water partition coefficient (Wildman–Crippen LogP) is 1.61. The van der Waals surface area contributed by atoms with Gasteiger partial charge in [-0.3, -0.25) is 9.59 Å². The number of carboxylic acids is 1. The molecule has 0 spiro atoms. The Morgan fingerprint density at radius 1 is 1.53 bits per heavy atom. The van der Waals surface area contributed by atoms with Gasteiger partial charge in [0.05, 0.1) is 13.5 Å². The second kappa shape index (κ2) is 12.2. The zero-order valence-electron chi connectivity index (χ0n) is 8.86. The van der Waals surface area contributed by atoms with Gasteiger partial charge in [0.15, 0.2) is 0 Å². The number of allylic oxidation sites excluding steroid dienone is 1. The van der Waals surface area contributed by atoms with E-state index in [9.17, 15) is 9.59 Å². The van der Waals surface area contributed by atoms with E-state index in [1.54, 1.807) is 6.08 Å². The zero-order valence-corrected chi connectivity index (χ0v) is 8.86. The molecule has 0 saturated heterocycles. The third-order valence-corrected chi connectivity index (χ3v) is 1.26. The van der Waals surface area contributed by atoms with E-state index in [4.69, 9.17) is 11.5 Å². The van der Waals surface area contributed by atoms with Crippen molar-refractivity contribution >= 4 is 11.9 Å². The minimum absolute atomic E-state index is 0.0799. The van der Waals surface area contributed by atoms with Crippen LogP contribution in [-0.2, 0) is 14.3 Å². The lowest BCUT2D eigenvalue weighted by Crippen LogP contribution is -1.97. The van der Waals surface area contributed by atoms with Crippen molar-refractivity contribution in [1.82, 2.24) is 0 Å². The molecule has 0 aliphatic rings. The molecule has 4 heteroatoms. The van der Waals surface area contributed by atoms with Crippen LogP contribution < -0.4 is 0 Å². The molecule has 0 rings (SSSR count). The number of ether oxygens (including phenoxy) is 1. The largest absolute Gasteiger partial charge is 0.481 e. The van der Waals surface area contributed by atoms with E-state index >= 15 is 0 Å². The molecule has 0 unspecified atom stereocenters. The number of aliphatic carboxylic acids is 1. The van der Waals surface area contributed by atoms with Gasteiger partial charge in [-0.25, -0.2) is 0 Å². The Kier molecular flexibility index (Phi) is 12.8. The molecule has 0 amide bonds. The van der Waals surface area contributed by atoms with Crippen LogP contribution in [0.25, 0.3) is 0 Å². The summed E-state index contributed by atoms with van der Waals surface area (Å²) in [5.41, 5.74) is 0. The number of carbonyl (C=O) groups excluding carboxylic acids is 1. The van der Waals surface area contributed by atoms with E-state index in [0.717, 1.165) is 0 Å². The van der Waals surface area contributed by atoms with Crippen LogP contribution in [0.4, 0.5) is 0 Å². The first-order valence-electron chi connectivity index (χ1n) is 4.41. The minimum Gasteiger partial charge on any atom is -0.481 e. The van der Waals surface area contributed by atoms with Gasteiger partial charge in [-0.2, -0.15) is 0 Å². The summed E-state index contributed by atoms with van der Waals surface area (Å²) in [4.78, 5) is 20.0. The number of esters is 1. The number of hydrogen-bond donors (Lipinski definition) is 1. The molecule has 0 radical (unpaired) electrons. The summed E-state index contributed by atoms with van der Waals surface area (Å²) in [5, 5.41) is 7.95. The van der Waals surface area contributed by atoms with Gasteiger partial charge < -0.3 is 9.84 Å². The Labute approximate surface area is 89.9 Å². The van der Waals surface area contributed by atoms with Crippen LogP contribution in [-0.4, -0.2) is 24.2 Å². The molecule has 0 heterocycles. The Balaban J connectivity index is 0. The summed E-state index contributed by atoms with van der Waals surface area (Å²) < 4.78 is 4.37. The number of carbonyl (C=O) groups is 2. The SMILES string of the molecule is C#CCCC(=O)O.C=CCCC(=O)OC. The maximum Gasteiger partial charge on any atom is 0.305 e. The lowest BCUT2D eigenvalue weighted by molar-refractivity contribution is -0.140. The number of carboxylic acid groups (broad SMARTS) is 1. The van der Waals surface area contributed by atoms with Crippen LogP contribution in [0.1, 0.15) is 25.7 Å². The van der Waals surface area contributed by atoms with Crippen LogP contribution in [0.3, 0.4) is 0 Å². The molecular weight excluding hydrogens is 196 g/mol. The number of hydrogen-bond acceptors (Lipinski definition) is 3. The van der Waals surface area contributed by atoms with E-state index in [0.29, 0.717) is 19.3 Å². The van der Waals surface area contributed by atoms with Crippen molar-refractivity contribution in [1.29, 1.82) is 0 Å². The summed E-state index contributed by atoms with van der Waals surface area (Å²) in [6.45, 7) is 3.46. The molecule has 84 valence electrons. The molecule has 0 aromatic heterocycles. The first-order valence-corrected chi connectivity index (χ1v) is 4.41. The van der Waals surface area contributed by atoms with E-state index in [1.165, 1.54) is 7.11 Å². The monoisotopic (exact) mass is 212 g/mol. The van der Waals surface area contributed by atoms with Crippen molar-refractivity contribution in [2.45, 2.75) is 25.7 Å². The molecule has 0 aromatic carbocycles. The Morgan fingerprint density at radius 2 is 2.13 bits per heavy atom. The molecule has 0 bridgehead atoms.